The van der Waals surface area contributed by atoms with Crippen molar-refractivity contribution in [2.24, 2.45) is 22.2 Å². The van der Waals surface area contributed by atoms with Gasteiger partial charge in [-0.3, -0.25) is 0 Å². The van der Waals surface area contributed by atoms with Crippen LogP contribution in [0.25, 0.3) is 0 Å². The monoisotopic (exact) mass is 579 g/mol. The molecule has 2 atom stereocenters. The predicted molar refractivity (Wildman–Crippen MR) is 177 cm³/mol. The van der Waals surface area contributed by atoms with Gasteiger partial charge >= 0.3 is 0 Å². The standard InChI is InChI=1S/C11H24O2.C9H20.C8H18O.C7H16O2/c1-6-10(4)13-8-11(5)12-7-9(2)3;1-5-8-9(4,6-2)7-3;1-4-8(5-2,6-3)7-9;1-3-7(4-2,5-8)6-9/h9-11H,6-8H2,1-5H3;5-8H2,1-4H3;9H,4-7H2,1-3H3;8-9H,3-6H2,1-2H3. The van der Waals surface area contributed by atoms with Gasteiger partial charge < -0.3 is 24.8 Å². The second-order valence-corrected chi connectivity index (χ2v) is 12.6. The molecular weight excluding hydrogens is 500 g/mol. The molecule has 0 bridgehead atoms. The Balaban J connectivity index is -0.000000219. The van der Waals surface area contributed by atoms with Crippen molar-refractivity contribution < 1.29 is 24.8 Å². The van der Waals surface area contributed by atoms with Gasteiger partial charge in [-0.1, -0.05) is 102 Å². The Bertz CT molecular complexity index is 427. The maximum Gasteiger partial charge on any atom is 0.0780 e. The lowest BCUT2D eigenvalue weighted by atomic mass is 9.81. The first kappa shape index (κ1) is 46.7. The van der Waals surface area contributed by atoms with Crippen LogP contribution in [0.4, 0.5) is 0 Å². The number of rotatable bonds is 19. The second-order valence-electron chi connectivity index (χ2n) is 12.6. The van der Waals surface area contributed by atoms with Crippen molar-refractivity contribution in [3.63, 3.8) is 0 Å². The molecule has 5 nitrogen and oxygen atoms in total. The van der Waals surface area contributed by atoms with Crippen LogP contribution in [0.1, 0.15) is 161 Å². The molecule has 0 amide bonds. The van der Waals surface area contributed by atoms with E-state index in [2.05, 4.69) is 83.1 Å². The van der Waals surface area contributed by atoms with E-state index in [4.69, 9.17) is 24.8 Å². The average Bonchev–Trinajstić information content (AvgIpc) is 2.98. The molecule has 0 saturated carbocycles. The van der Waals surface area contributed by atoms with E-state index in [9.17, 15) is 0 Å². The van der Waals surface area contributed by atoms with Crippen LogP contribution >= 0.6 is 0 Å². The first-order chi connectivity index (χ1) is 18.7. The maximum absolute atomic E-state index is 8.98. The summed E-state index contributed by atoms with van der Waals surface area (Å²) in [6.45, 7) is 32.3. The van der Waals surface area contributed by atoms with Crippen LogP contribution in [0.2, 0.25) is 0 Å². The Kier molecular flexibility index (Phi) is 33.8. The molecule has 0 rings (SSSR count). The zero-order valence-corrected chi connectivity index (χ0v) is 30.0. The van der Waals surface area contributed by atoms with Gasteiger partial charge in [0, 0.05) is 18.6 Å². The summed E-state index contributed by atoms with van der Waals surface area (Å²) >= 11 is 0. The fourth-order valence-corrected chi connectivity index (χ4v) is 3.86. The molecule has 2 unspecified atom stereocenters. The van der Waals surface area contributed by atoms with E-state index in [1.807, 2.05) is 13.8 Å². The molecule has 0 aromatic heterocycles. The smallest absolute Gasteiger partial charge is 0.0780 e. The van der Waals surface area contributed by atoms with Crippen LogP contribution in [-0.2, 0) is 9.47 Å². The van der Waals surface area contributed by atoms with Gasteiger partial charge in [0.15, 0.2) is 0 Å². The van der Waals surface area contributed by atoms with Crippen molar-refractivity contribution in [2.75, 3.05) is 33.0 Å². The summed E-state index contributed by atoms with van der Waals surface area (Å²) in [5.41, 5.74) is 0.634. The molecular formula is C35H78O5. The number of hydrogen-bond acceptors (Lipinski definition) is 5. The van der Waals surface area contributed by atoms with Crippen molar-refractivity contribution >= 4 is 0 Å². The first-order valence-electron chi connectivity index (χ1n) is 16.8. The fourth-order valence-electron chi connectivity index (χ4n) is 3.86. The molecule has 0 heterocycles. The molecule has 3 N–H and O–H groups in total. The molecule has 0 saturated heterocycles. The van der Waals surface area contributed by atoms with Crippen molar-refractivity contribution in [1.29, 1.82) is 0 Å². The van der Waals surface area contributed by atoms with Gasteiger partial charge in [-0.15, -0.1) is 0 Å². The van der Waals surface area contributed by atoms with Crippen molar-refractivity contribution in [3.8, 4) is 0 Å². The van der Waals surface area contributed by atoms with E-state index in [0.29, 0.717) is 30.7 Å². The third kappa shape index (κ3) is 24.4. The SMILES string of the molecule is CCC(C)OCC(C)OCC(C)C.CCC(CC)(CC)CO.CCC(CC)(CO)CO.CCCC(C)(CC)CC. The highest BCUT2D eigenvalue weighted by atomic mass is 16.5. The highest BCUT2D eigenvalue weighted by molar-refractivity contribution is 4.74. The molecule has 0 radical (unpaired) electrons. The predicted octanol–water partition coefficient (Wildman–Crippen LogP) is 9.45. The van der Waals surface area contributed by atoms with Crippen molar-refractivity contribution in [1.82, 2.24) is 0 Å². The minimum Gasteiger partial charge on any atom is -0.396 e. The summed E-state index contributed by atoms with van der Waals surface area (Å²) < 4.78 is 11.1. The Hall–Kier alpha value is -0.200. The summed E-state index contributed by atoms with van der Waals surface area (Å²) in [5.74, 6) is 0.603. The zero-order chi connectivity index (χ0) is 32.3. The molecule has 0 aliphatic rings. The van der Waals surface area contributed by atoms with Crippen LogP contribution < -0.4 is 0 Å². The first-order valence-corrected chi connectivity index (χ1v) is 16.8. The van der Waals surface area contributed by atoms with Gasteiger partial charge in [-0.25, -0.2) is 0 Å². The summed E-state index contributed by atoms with van der Waals surface area (Å²) in [5, 5.41) is 26.6. The highest BCUT2D eigenvalue weighted by Crippen LogP contribution is 2.30. The molecule has 0 spiro atoms. The third-order valence-corrected chi connectivity index (χ3v) is 9.22. The van der Waals surface area contributed by atoms with Gasteiger partial charge in [-0.2, -0.15) is 0 Å². The van der Waals surface area contributed by atoms with E-state index >= 15 is 0 Å². The number of hydrogen-bond donors (Lipinski definition) is 3. The molecule has 0 aromatic carbocycles. The molecule has 0 fully saturated rings. The third-order valence-electron chi connectivity index (χ3n) is 9.22. The van der Waals surface area contributed by atoms with E-state index in [1.165, 1.54) is 25.7 Å². The Morgan fingerprint density at radius 1 is 0.525 bits per heavy atom. The van der Waals surface area contributed by atoms with E-state index in [-0.39, 0.29) is 30.1 Å². The van der Waals surface area contributed by atoms with Crippen LogP contribution in [0.5, 0.6) is 0 Å². The lowest BCUT2D eigenvalue weighted by Crippen LogP contribution is -2.27. The van der Waals surface area contributed by atoms with E-state index in [1.54, 1.807) is 0 Å². The van der Waals surface area contributed by atoms with Gasteiger partial charge in [0.25, 0.3) is 0 Å². The minimum atomic E-state index is -0.222. The summed E-state index contributed by atoms with van der Waals surface area (Å²) in [6.07, 6.45) is 12.0. The Morgan fingerprint density at radius 3 is 1.07 bits per heavy atom. The van der Waals surface area contributed by atoms with Gasteiger partial charge in [0.1, 0.15) is 0 Å². The fraction of sp³-hybridized carbons (Fsp3) is 1.00. The summed E-state index contributed by atoms with van der Waals surface area (Å²) in [7, 11) is 0. The minimum absolute atomic E-state index is 0.0938. The molecule has 0 aliphatic heterocycles. The Morgan fingerprint density at radius 2 is 0.900 bits per heavy atom. The lowest BCUT2D eigenvalue weighted by molar-refractivity contribution is -0.0388. The molecule has 0 aliphatic carbocycles. The molecule has 40 heavy (non-hydrogen) atoms. The lowest BCUT2D eigenvalue weighted by Gasteiger charge is -2.27. The van der Waals surface area contributed by atoms with Crippen LogP contribution in [-0.4, -0.2) is 60.6 Å². The van der Waals surface area contributed by atoms with Gasteiger partial charge in [0.05, 0.1) is 32.0 Å². The van der Waals surface area contributed by atoms with Crippen molar-refractivity contribution in [3.05, 3.63) is 0 Å². The average molecular weight is 579 g/mol. The zero-order valence-electron chi connectivity index (χ0n) is 30.0. The highest BCUT2D eigenvalue weighted by Gasteiger charge is 2.23. The van der Waals surface area contributed by atoms with Gasteiger partial charge in [-0.05, 0) is 75.5 Å². The molecule has 5 heteroatoms. The van der Waals surface area contributed by atoms with Crippen LogP contribution in [0, 0.1) is 22.2 Å². The normalized spacial score (nSPS) is 13.3. The second kappa shape index (κ2) is 28.9. The Labute approximate surface area is 253 Å². The van der Waals surface area contributed by atoms with E-state index < -0.39 is 0 Å². The number of aliphatic hydroxyl groups excluding tert-OH is 3. The quantitative estimate of drug-likeness (QED) is 0.142. The summed E-state index contributed by atoms with van der Waals surface area (Å²) in [6, 6.07) is 0. The largest absolute Gasteiger partial charge is 0.396 e. The molecule has 0 aromatic rings. The summed E-state index contributed by atoms with van der Waals surface area (Å²) in [4.78, 5) is 0. The van der Waals surface area contributed by atoms with Crippen LogP contribution in [0.15, 0.2) is 0 Å². The number of ether oxygens (including phenoxy) is 2. The maximum atomic E-state index is 8.98. The van der Waals surface area contributed by atoms with Crippen molar-refractivity contribution in [2.45, 2.75) is 173 Å². The molecule has 248 valence electrons. The van der Waals surface area contributed by atoms with Crippen LogP contribution in [0.3, 0.4) is 0 Å². The topological polar surface area (TPSA) is 79.2 Å². The van der Waals surface area contributed by atoms with Gasteiger partial charge in [0.2, 0.25) is 0 Å². The van der Waals surface area contributed by atoms with E-state index in [0.717, 1.165) is 45.1 Å². The number of aliphatic hydroxyl groups is 3.